The van der Waals surface area contributed by atoms with Crippen molar-refractivity contribution < 1.29 is 13.9 Å². The summed E-state index contributed by atoms with van der Waals surface area (Å²) in [5.74, 6) is -0.529. The summed E-state index contributed by atoms with van der Waals surface area (Å²) in [6, 6.07) is 11.9. The highest BCUT2D eigenvalue weighted by atomic mass is 35.5. The van der Waals surface area contributed by atoms with Crippen molar-refractivity contribution in [1.82, 2.24) is 0 Å². The van der Waals surface area contributed by atoms with Crippen LogP contribution in [0, 0.1) is 0 Å². The molecule has 0 saturated heterocycles. The van der Waals surface area contributed by atoms with Crippen LogP contribution in [0.1, 0.15) is 5.56 Å². The van der Waals surface area contributed by atoms with Gasteiger partial charge in [-0.2, -0.15) is 0 Å². The molecule has 1 heterocycles. The molecule has 0 spiro atoms. The van der Waals surface area contributed by atoms with Crippen LogP contribution in [0.2, 0.25) is 10.0 Å². The molecule has 0 atom stereocenters. The molecule has 6 heteroatoms. The van der Waals surface area contributed by atoms with Gasteiger partial charge in [0.1, 0.15) is 5.58 Å². The molecule has 2 aromatic carbocycles. The molecule has 0 bridgehead atoms. The fraction of sp³-hybridized carbons (Fsp3) is 0.111. The molecule has 0 saturated carbocycles. The van der Waals surface area contributed by atoms with Crippen molar-refractivity contribution in [2.75, 3.05) is 7.11 Å². The Morgan fingerprint density at radius 3 is 2.42 bits per heavy atom. The van der Waals surface area contributed by atoms with Crippen LogP contribution in [0.5, 0.6) is 0 Å². The van der Waals surface area contributed by atoms with Crippen LogP contribution in [0.15, 0.2) is 51.7 Å². The van der Waals surface area contributed by atoms with E-state index in [1.165, 1.54) is 7.11 Å². The number of esters is 1. The molecule has 1 aromatic heterocycles. The Balaban J connectivity index is 2.37. The van der Waals surface area contributed by atoms with Gasteiger partial charge in [-0.25, -0.2) is 4.79 Å². The average molecular weight is 363 g/mol. The maximum Gasteiger partial charge on any atom is 0.340 e. The highest BCUT2D eigenvalue weighted by molar-refractivity contribution is 6.31. The normalized spacial score (nSPS) is 10.8. The topological polar surface area (TPSA) is 56.5 Å². The molecule has 0 aliphatic rings. The van der Waals surface area contributed by atoms with E-state index in [1.54, 1.807) is 42.5 Å². The summed E-state index contributed by atoms with van der Waals surface area (Å²) >= 11 is 12.0. The zero-order valence-corrected chi connectivity index (χ0v) is 14.1. The molecule has 4 nitrogen and oxygen atoms in total. The van der Waals surface area contributed by atoms with Gasteiger partial charge in [-0.3, -0.25) is 4.79 Å². The quantitative estimate of drug-likeness (QED) is 0.509. The molecule has 0 aliphatic heterocycles. The molecule has 0 aliphatic carbocycles. The van der Waals surface area contributed by atoms with Gasteiger partial charge in [-0.05, 0) is 35.9 Å². The molecule has 122 valence electrons. The van der Waals surface area contributed by atoms with Crippen LogP contribution in [-0.4, -0.2) is 13.1 Å². The van der Waals surface area contributed by atoms with Crippen molar-refractivity contribution in [3.63, 3.8) is 0 Å². The number of carbonyl (C=O) groups is 1. The third kappa shape index (κ3) is 3.16. The Labute approximate surface area is 147 Å². The molecule has 24 heavy (non-hydrogen) atoms. The number of hydrogen-bond donors (Lipinski definition) is 0. The Bertz CT molecular complexity index is 975. The molecule has 0 fully saturated rings. The second kappa shape index (κ2) is 6.67. The van der Waals surface area contributed by atoms with Crippen LogP contribution in [0.4, 0.5) is 0 Å². The minimum Gasteiger partial charge on any atom is -0.469 e. The van der Waals surface area contributed by atoms with E-state index in [0.29, 0.717) is 26.6 Å². The van der Waals surface area contributed by atoms with E-state index in [4.69, 9.17) is 27.6 Å². The number of ether oxygens (including phenoxy) is 1. The maximum absolute atomic E-state index is 12.4. The summed E-state index contributed by atoms with van der Waals surface area (Å²) in [5, 5.41) is 1.71. The van der Waals surface area contributed by atoms with Gasteiger partial charge in [-0.1, -0.05) is 35.3 Å². The zero-order chi connectivity index (χ0) is 17.3. The maximum atomic E-state index is 12.4. The molecule has 0 amide bonds. The van der Waals surface area contributed by atoms with Gasteiger partial charge in [0.05, 0.1) is 19.1 Å². The van der Waals surface area contributed by atoms with Crippen LogP contribution >= 0.6 is 23.2 Å². The Morgan fingerprint density at radius 1 is 1.08 bits per heavy atom. The lowest BCUT2D eigenvalue weighted by Gasteiger charge is -2.12. The van der Waals surface area contributed by atoms with Crippen molar-refractivity contribution in [1.29, 1.82) is 0 Å². The minimum absolute atomic E-state index is 0.195. The summed E-state index contributed by atoms with van der Waals surface area (Å²) < 4.78 is 10.0. The van der Waals surface area contributed by atoms with Gasteiger partial charge in [-0.15, -0.1) is 0 Å². The Kier molecular flexibility index (Phi) is 4.60. The van der Waals surface area contributed by atoms with Gasteiger partial charge in [0.2, 0.25) is 0 Å². The molecule has 0 unspecified atom stereocenters. The first-order valence-corrected chi connectivity index (χ1v) is 7.83. The van der Waals surface area contributed by atoms with Crippen molar-refractivity contribution >= 4 is 40.1 Å². The predicted octanol–water partition coefficient (Wildman–Crippen LogP) is 4.48. The molecule has 3 rings (SSSR count). The SMILES string of the molecule is COC(=O)Cc1c(-c2ccc(Cl)cc2)c2cc(Cl)ccc2oc1=O. The van der Waals surface area contributed by atoms with Crippen LogP contribution in [0.25, 0.3) is 22.1 Å². The molecule has 0 N–H and O–H groups in total. The van der Waals surface area contributed by atoms with E-state index >= 15 is 0 Å². The summed E-state index contributed by atoms with van der Waals surface area (Å²) in [6.45, 7) is 0. The van der Waals surface area contributed by atoms with Crippen LogP contribution in [-0.2, 0) is 16.0 Å². The predicted molar refractivity (Wildman–Crippen MR) is 93.7 cm³/mol. The first-order chi connectivity index (χ1) is 11.5. The van der Waals surface area contributed by atoms with E-state index in [1.807, 2.05) is 0 Å². The lowest BCUT2D eigenvalue weighted by molar-refractivity contribution is -0.139. The summed E-state index contributed by atoms with van der Waals surface area (Å²) in [5.41, 5.74) is 1.35. The largest absolute Gasteiger partial charge is 0.469 e. The van der Waals surface area contributed by atoms with Crippen LogP contribution < -0.4 is 5.63 Å². The fourth-order valence-electron chi connectivity index (χ4n) is 2.54. The molecule has 0 radical (unpaired) electrons. The number of fused-ring (bicyclic) bond motifs is 1. The lowest BCUT2D eigenvalue weighted by atomic mass is 9.95. The highest BCUT2D eigenvalue weighted by Crippen LogP contribution is 2.33. The Morgan fingerprint density at radius 2 is 1.75 bits per heavy atom. The lowest BCUT2D eigenvalue weighted by Crippen LogP contribution is -2.16. The van der Waals surface area contributed by atoms with E-state index < -0.39 is 11.6 Å². The van der Waals surface area contributed by atoms with Gasteiger partial charge in [0.25, 0.3) is 0 Å². The number of benzene rings is 2. The number of hydrogen-bond acceptors (Lipinski definition) is 4. The first-order valence-electron chi connectivity index (χ1n) is 7.07. The number of rotatable bonds is 3. The van der Waals surface area contributed by atoms with E-state index in [2.05, 4.69) is 4.74 Å². The van der Waals surface area contributed by atoms with Gasteiger partial charge in [0, 0.05) is 21.0 Å². The average Bonchev–Trinajstić information content (AvgIpc) is 2.57. The standard InChI is InChI=1S/C18H12Cl2O4/c1-23-16(21)9-14-17(10-2-4-11(19)5-3-10)13-8-12(20)6-7-15(13)24-18(14)22/h2-8H,9H2,1H3. The second-order valence-corrected chi connectivity index (χ2v) is 6.02. The fourth-order valence-corrected chi connectivity index (χ4v) is 2.83. The van der Waals surface area contributed by atoms with Crippen molar-refractivity contribution in [3.05, 3.63) is 68.5 Å². The number of carbonyl (C=O) groups excluding carboxylic acids is 1. The molecule has 3 aromatic rings. The van der Waals surface area contributed by atoms with Gasteiger partial charge < -0.3 is 9.15 Å². The van der Waals surface area contributed by atoms with Gasteiger partial charge in [0.15, 0.2) is 0 Å². The van der Waals surface area contributed by atoms with Gasteiger partial charge >= 0.3 is 11.6 Å². The smallest absolute Gasteiger partial charge is 0.340 e. The number of methoxy groups -OCH3 is 1. The van der Waals surface area contributed by atoms with Crippen molar-refractivity contribution in [3.8, 4) is 11.1 Å². The van der Waals surface area contributed by atoms with Crippen molar-refractivity contribution in [2.24, 2.45) is 0 Å². The monoisotopic (exact) mass is 362 g/mol. The third-order valence-corrected chi connectivity index (χ3v) is 4.13. The van der Waals surface area contributed by atoms with E-state index in [-0.39, 0.29) is 12.0 Å². The molecular formula is C18H12Cl2O4. The number of halogens is 2. The Hall–Kier alpha value is -2.30. The third-order valence-electron chi connectivity index (χ3n) is 3.64. The summed E-state index contributed by atoms with van der Waals surface area (Å²) in [4.78, 5) is 24.1. The zero-order valence-electron chi connectivity index (χ0n) is 12.6. The molecular weight excluding hydrogens is 351 g/mol. The van der Waals surface area contributed by atoms with Crippen molar-refractivity contribution in [2.45, 2.75) is 6.42 Å². The first kappa shape index (κ1) is 16.6. The highest BCUT2D eigenvalue weighted by Gasteiger charge is 2.19. The summed E-state index contributed by atoms with van der Waals surface area (Å²) in [6.07, 6.45) is -0.195. The minimum atomic E-state index is -0.583. The second-order valence-electron chi connectivity index (χ2n) is 5.14. The summed E-state index contributed by atoms with van der Waals surface area (Å²) in [7, 11) is 1.27. The van der Waals surface area contributed by atoms with E-state index in [9.17, 15) is 9.59 Å². The van der Waals surface area contributed by atoms with E-state index in [0.717, 1.165) is 5.56 Å². The van der Waals surface area contributed by atoms with Crippen LogP contribution in [0.3, 0.4) is 0 Å².